The van der Waals surface area contributed by atoms with Crippen LogP contribution in [-0.4, -0.2) is 52.8 Å². The summed E-state index contributed by atoms with van der Waals surface area (Å²) in [5, 5.41) is 6.27. The molecule has 2 heterocycles. The number of amides is 2. The predicted molar refractivity (Wildman–Crippen MR) is 120 cm³/mol. The third-order valence-corrected chi connectivity index (χ3v) is 6.29. The third kappa shape index (κ3) is 6.12. The van der Waals surface area contributed by atoms with E-state index < -0.39 is 6.04 Å². The summed E-state index contributed by atoms with van der Waals surface area (Å²) >= 11 is 1.71. The number of aryl methyl sites for hydroxylation is 1. The molecule has 30 heavy (non-hydrogen) atoms. The van der Waals surface area contributed by atoms with Crippen LogP contribution >= 0.6 is 11.3 Å². The highest BCUT2D eigenvalue weighted by Gasteiger charge is 2.30. The summed E-state index contributed by atoms with van der Waals surface area (Å²) in [7, 11) is 0. The van der Waals surface area contributed by atoms with Crippen LogP contribution in [0.15, 0.2) is 35.7 Å². The Labute approximate surface area is 183 Å². The standard InChI is InChI=1S/C23H32N4O2S/c1-4-21-24-19(16-30-21)15-26-10-12-27(13-11-26)23(29)22(18-8-6-5-7-9-18)25-20(28)14-17(2)3/h5-9,16-17,22H,4,10-15H2,1-3H3,(H,25,28). The van der Waals surface area contributed by atoms with Crippen molar-refractivity contribution in [1.29, 1.82) is 0 Å². The number of nitrogens with one attached hydrogen (secondary N) is 1. The van der Waals surface area contributed by atoms with Crippen LogP contribution in [0, 0.1) is 5.92 Å². The molecule has 1 aliphatic rings. The van der Waals surface area contributed by atoms with E-state index in [0.29, 0.717) is 19.5 Å². The summed E-state index contributed by atoms with van der Waals surface area (Å²) < 4.78 is 0. The Bertz CT molecular complexity index is 829. The summed E-state index contributed by atoms with van der Waals surface area (Å²) in [6, 6.07) is 8.91. The van der Waals surface area contributed by atoms with Gasteiger partial charge in [-0.1, -0.05) is 51.1 Å². The van der Waals surface area contributed by atoms with Crippen LogP contribution in [0.4, 0.5) is 0 Å². The lowest BCUT2D eigenvalue weighted by atomic mass is 10.0. The van der Waals surface area contributed by atoms with Gasteiger partial charge >= 0.3 is 0 Å². The number of rotatable bonds is 8. The molecular weight excluding hydrogens is 396 g/mol. The second kappa shape index (κ2) is 10.7. The third-order valence-electron chi connectivity index (χ3n) is 5.25. The molecule has 0 saturated carbocycles. The molecule has 1 N–H and O–H groups in total. The van der Waals surface area contributed by atoms with Gasteiger partial charge < -0.3 is 10.2 Å². The molecule has 3 rings (SSSR count). The van der Waals surface area contributed by atoms with Crippen molar-refractivity contribution in [3.8, 4) is 0 Å². The fourth-order valence-electron chi connectivity index (χ4n) is 3.65. The van der Waals surface area contributed by atoms with Crippen molar-refractivity contribution >= 4 is 23.2 Å². The first-order chi connectivity index (χ1) is 14.5. The van der Waals surface area contributed by atoms with Gasteiger partial charge in [-0.15, -0.1) is 11.3 Å². The van der Waals surface area contributed by atoms with Crippen LogP contribution < -0.4 is 5.32 Å². The molecule has 0 aliphatic carbocycles. The van der Waals surface area contributed by atoms with Gasteiger partial charge in [0, 0.05) is 44.5 Å². The van der Waals surface area contributed by atoms with Gasteiger partial charge in [0.25, 0.3) is 0 Å². The van der Waals surface area contributed by atoms with Crippen LogP contribution in [0.25, 0.3) is 0 Å². The van der Waals surface area contributed by atoms with Gasteiger partial charge in [0.1, 0.15) is 6.04 Å². The largest absolute Gasteiger partial charge is 0.341 e. The van der Waals surface area contributed by atoms with E-state index in [1.807, 2.05) is 49.1 Å². The van der Waals surface area contributed by atoms with Crippen molar-refractivity contribution < 1.29 is 9.59 Å². The molecule has 162 valence electrons. The van der Waals surface area contributed by atoms with Crippen LogP contribution in [0.3, 0.4) is 0 Å². The highest BCUT2D eigenvalue weighted by Crippen LogP contribution is 2.19. The van der Waals surface area contributed by atoms with Gasteiger partial charge in [0.2, 0.25) is 11.8 Å². The molecular formula is C23H32N4O2S. The van der Waals surface area contributed by atoms with Gasteiger partial charge in [0.15, 0.2) is 0 Å². The molecule has 1 fully saturated rings. The number of carbonyl (C=O) groups is 2. The molecule has 0 radical (unpaired) electrons. The lowest BCUT2D eigenvalue weighted by molar-refractivity contribution is -0.138. The molecule has 1 aromatic heterocycles. The first-order valence-corrected chi connectivity index (χ1v) is 11.6. The molecule has 2 aromatic rings. The molecule has 1 aliphatic heterocycles. The fraction of sp³-hybridized carbons (Fsp3) is 0.522. The molecule has 6 nitrogen and oxygen atoms in total. The SMILES string of the molecule is CCc1nc(CN2CCN(C(=O)C(NC(=O)CC(C)C)c3ccccc3)CC2)cs1. The van der Waals surface area contributed by atoms with Crippen LogP contribution in [0.1, 0.15) is 49.5 Å². The Balaban J connectivity index is 1.61. The van der Waals surface area contributed by atoms with Crippen molar-refractivity contribution in [3.63, 3.8) is 0 Å². The summed E-state index contributed by atoms with van der Waals surface area (Å²) in [5.74, 6) is 0.139. The summed E-state index contributed by atoms with van der Waals surface area (Å²) in [4.78, 5) is 34.6. The Hall–Kier alpha value is -2.25. The number of hydrogen-bond acceptors (Lipinski definition) is 5. The number of benzene rings is 1. The number of aromatic nitrogens is 1. The smallest absolute Gasteiger partial charge is 0.249 e. The van der Waals surface area contributed by atoms with Gasteiger partial charge in [0.05, 0.1) is 10.7 Å². The summed E-state index contributed by atoms with van der Waals surface area (Å²) in [6.45, 7) is 9.90. The second-order valence-corrected chi connectivity index (χ2v) is 9.14. The zero-order chi connectivity index (χ0) is 21.5. The van der Waals surface area contributed by atoms with E-state index in [2.05, 4.69) is 27.5 Å². The first kappa shape index (κ1) is 22.4. The molecule has 2 amide bonds. The average Bonchev–Trinajstić information content (AvgIpc) is 3.20. The highest BCUT2D eigenvalue weighted by atomic mass is 32.1. The Morgan fingerprint density at radius 1 is 1.13 bits per heavy atom. The topological polar surface area (TPSA) is 65.5 Å². The van der Waals surface area contributed by atoms with Gasteiger partial charge in [-0.05, 0) is 17.9 Å². The van der Waals surface area contributed by atoms with Crippen LogP contribution in [-0.2, 0) is 22.6 Å². The van der Waals surface area contributed by atoms with E-state index in [9.17, 15) is 9.59 Å². The quantitative estimate of drug-likeness (QED) is 0.701. The molecule has 1 atom stereocenters. The highest BCUT2D eigenvalue weighted by molar-refractivity contribution is 7.09. The maximum absolute atomic E-state index is 13.3. The minimum atomic E-state index is -0.630. The molecule has 1 aromatic carbocycles. The maximum atomic E-state index is 13.3. The zero-order valence-electron chi connectivity index (χ0n) is 18.1. The molecule has 0 bridgehead atoms. The molecule has 7 heteroatoms. The van der Waals surface area contributed by atoms with E-state index in [4.69, 9.17) is 0 Å². The number of hydrogen-bond donors (Lipinski definition) is 1. The van der Waals surface area contributed by atoms with Gasteiger partial charge in [-0.25, -0.2) is 4.98 Å². The second-order valence-electron chi connectivity index (χ2n) is 8.20. The Morgan fingerprint density at radius 3 is 2.43 bits per heavy atom. The normalized spacial score (nSPS) is 15.9. The van der Waals surface area contributed by atoms with E-state index >= 15 is 0 Å². The van der Waals surface area contributed by atoms with Crippen molar-refractivity contribution in [2.24, 2.45) is 5.92 Å². The van der Waals surface area contributed by atoms with Crippen molar-refractivity contribution in [1.82, 2.24) is 20.1 Å². The molecule has 1 saturated heterocycles. The first-order valence-electron chi connectivity index (χ1n) is 10.7. The van der Waals surface area contributed by atoms with Crippen molar-refractivity contribution in [2.45, 2.75) is 46.2 Å². The number of thiazole rings is 1. The summed E-state index contributed by atoms with van der Waals surface area (Å²) in [5.41, 5.74) is 1.94. The fourth-order valence-corrected chi connectivity index (χ4v) is 4.38. The Morgan fingerprint density at radius 2 is 1.83 bits per heavy atom. The molecule has 1 unspecified atom stereocenters. The van der Waals surface area contributed by atoms with E-state index in [0.717, 1.165) is 37.3 Å². The van der Waals surface area contributed by atoms with Gasteiger partial charge in [-0.3, -0.25) is 14.5 Å². The van der Waals surface area contributed by atoms with Crippen LogP contribution in [0.2, 0.25) is 0 Å². The Kier molecular flexibility index (Phi) is 7.99. The zero-order valence-corrected chi connectivity index (χ0v) is 19.0. The maximum Gasteiger partial charge on any atom is 0.249 e. The minimum Gasteiger partial charge on any atom is -0.341 e. The predicted octanol–water partition coefficient (Wildman–Crippen LogP) is 3.25. The van der Waals surface area contributed by atoms with Crippen molar-refractivity contribution in [2.75, 3.05) is 26.2 Å². The number of piperazine rings is 1. The van der Waals surface area contributed by atoms with E-state index in [1.54, 1.807) is 11.3 Å². The molecule has 0 spiro atoms. The van der Waals surface area contributed by atoms with Gasteiger partial charge in [-0.2, -0.15) is 0 Å². The number of nitrogens with zero attached hydrogens (tertiary/aromatic N) is 3. The van der Waals surface area contributed by atoms with Crippen LogP contribution in [0.5, 0.6) is 0 Å². The lowest BCUT2D eigenvalue weighted by Crippen LogP contribution is -2.51. The lowest BCUT2D eigenvalue weighted by Gasteiger charge is -2.36. The monoisotopic (exact) mass is 428 g/mol. The minimum absolute atomic E-state index is 0.0279. The van der Waals surface area contributed by atoms with E-state index in [-0.39, 0.29) is 17.7 Å². The summed E-state index contributed by atoms with van der Waals surface area (Å²) in [6.07, 6.45) is 1.38. The number of carbonyl (C=O) groups excluding carboxylic acids is 2. The average molecular weight is 429 g/mol. The van der Waals surface area contributed by atoms with Crippen molar-refractivity contribution in [3.05, 3.63) is 52.0 Å². The van der Waals surface area contributed by atoms with E-state index in [1.165, 1.54) is 5.01 Å².